The van der Waals surface area contributed by atoms with Crippen LogP contribution in [0.2, 0.25) is 0 Å². The Hall–Kier alpha value is -2.82. The SMILES string of the molecule is CCOc1ccc(CC(=O)N2CC(C(=O)O)c3ccccc32)cc1. The number of carbonyl (C=O) groups is 2. The zero-order valence-electron chi connectivity index (χ0n) is 13.4. The van der Waals surface area contributed by atoms with Gasteiger partial charge in [-0.2, -0.15) is 0 Å². The molecule has 5 heteroatoms. The molecule has 2 aromatic carbocycles. The summed E-state index contributed by atoms with van der Waals surface area (Å²) in [4.78, 5) is 25.7. The van der Waals surface area contributed by atoms with Gasteiger partial charge in [-0.1, -0.05) is 30.3 Å². The van der Waals surface area contributed by atoms with Crippen LogP contribution >= 0.6 is 0 Å². The topological polar surface area (TPSA) is 66.8 Å². The monoisotopic (exact) mass is 325 g/mol. The summed E-state index contributed by atoms with van der Waals surface area (Å²) in [7, 11) is 0. The second-order valence-electron chi connectivity index (χ2n) is 5.71. The maximum atomic E-state index is 12.7. The molecule has 1 aliphatic rings. The molecule has 0 aromatic heterocycles. The van der Waals surface area contributed by atoms with Gasteiger partial charge in [-0.25, -0.2) is 0 Å². The molecule has 0 spiro atoms. The van der Waals surface area contributed by atoms with Gasteiger partial charge in [0.25, 0.3) is 0 Å². The van der Waals surface area contributed by atoms with Crippen molar-refractivity contribution in [1.29, 1.82) is 0 Å². The number of amides is 1. The second kappa shape index (κ2) is 6.74. The number of hydrogen-bond donors (Lipinski definition) is 1. The van der Waals surface area contributed by atoms with Crippen molar-refractivity contribution < 1.29 is 19.4 Å². The molecule has 0 bridgehead atoms. The molecule has 0 fully saturated rings. The Morgan fingerprint density at radius 3 is 2.54 bits per heavy atom. The molecule has 1 aliphatic heterocycles. The lowest BCUT2D eigenvalue weighted by atomic mass is 10.0. The molecule has 0 saturated heterocycles. The van der Waals surface area contributed by atoms with Crippen molar-refractivity contribution >= 4 is 17.6 Å². The van der Waals surface area contributed by atoms with Crippen LogP contribution in [-0.4, -0.2) is 30.1 Å². The van der Waals surface area contributed by atoms with Crippen LogP contribution in [0, 0.1) is 0 Å². The molecule has 0 aliphatic carbocycles. The van der Waals surface area contributed by atoms with Gasteiger partial charge in [0.05, 0.1) is 13.0 Å². The van der Waals surface area contributed by atoms with Crippen molar-refractivity contribution in [2.75, 3.05) is 18.1 Å². The molecule has 0 saturated carbocycles. The summed E-state index contributed by atoms with van der Waals surface area (Å²) in [5.74, 6) is -0.897. The van der Waals surface area contributed by atoms with Gasteiger partial charge in [-0.15, -0.1) is 0 Å². The van der Waals surface area contributed by atoms with Crippen LogP contribution in [0.25, 0.3) is 0 Å². The number of fused-ring (bicyclic) bond motifs is 1. The number of carboxylic acid groups (broad SMARTS) is 1. The summed E-state index contributed by atoms with van der Waals surface area (Å²) >= 11 is 0. The number of hydrogen-bond acceptors (Lipinski definition) is 3. The van der Waals surface area contributed by atoms with Crippen LogP contribution in [0.1, 0.15) is 24.0 Å². The lowest BCUT2D eigenvalue weighted by molar-refractivity contribution is -0.138. The summed E-state index contributed by atoms with van der Waals surface area (Å²) in [6.07, 6.45) is 0.229. The van der Waals surface area contributed by atoms with Crippen LogP contribution in [0.3, 0.4) is 0 Å². The minimum atomic E-state index is -0.904. The van der Waals surface area contributed by atoms with Gasteiger partial charge in [0.1, 0.15) is 11.7 Å². The first-order valence-electron chi connectivity index (χ1n) is 7.94. The highest BCUT2D eigenvalue weighted by molar-refractivity contribution is 5.99. The molecule has 1 unspecified atom stereocenters. The molecular weight excluding hydrogens is 306 g/mol. The molecule has 0 radical (unpaired) electrons. The van der Waals surface area contributed by atoms with E-state index >= 15 is 0 Å². The zero-order chi connectivity index (χ0) is 17.1. The normalized spacial score (nSPS) is 15.9. The van der Waals surface area contributed by atoms with Crippen LogP contribution in [0.4, 0.5) is 5.69 Å². The number of rotatable bonds is 5. The van der Waals surface area contributed by atoms with Gasteiger partial charge in [0, 0.05) is 12.2 Å². The first-order chi connectivity index (χ1) is 11.6. The summed E-state index contributed by atoms with van der Waals surface area (Å²) in [5.41, 5.74) is 2.27. The van der Waals surface area contributed by atoms with E-state index in [1.165, 1.54) is 0 Å². The van der Waals surface area contributed by atoms with E-state index in [2.05, 4.69) is 0 Å². The van der Waals surface area contributed by atoms with Crippen molar-refractivity contribution in [2.45, 2.75) is 19.3 Å². The lowest BCUT2D eigenvalue weighted by Gasteiger charge is -2.17. The van der Waals surface area contributed by atoms with Crippen LogP contribution in [0.15, 0.2) is 48.5 Å². The maximum Gasteiger partial charge on any atom is 0.312 e. The quantitative estimate of drug-likeness (QED) is 0.918. The Kier molecular flexibility index (Phi) is 4.51. The van der Waals surface area contributed by atoms with E-state index in [1.807, 2.05) is 37.3 Å². The van der Waals surface area contributed by atoms with Gasteiger partial charge in [0.15, 0.2) is 0 Å². The molecule has 1 amide bonds. The average molecular weight is 325 g/mol. The summed E-state index contributed by atoms with van der Waals surface area (Å²) in [6.45, 7) is 2.70. The Morgan fingerprint density at radius 2 is 1.88 bits per heavy atom. The van der Waals surface area contributed by atoms with Crippen molar-refractivity contribution in [3.05, 3.63) is 59.7 Å². The van der Waals surface area contributed by atoms with E-state index in [0.717, 1.165) is 11.3 Å². The first kappa shape index (κ1) is 16.1. The van der Waals surface area contributed by atoms with E-state index in [-0.39, 0.29) is 18.9 Å². The smallest absolute Gasteiger partial charge is 0.312 e. The highest BCUT2D eigenvalue weighted by Gasteiger charge is 2.36. The van der Waals surface area contributed by atoms with Crippen molar-refractivity contribution in [3.8, 4) is 5.75 Å². The van der Waals surface area contributed by atoms with Crippen molar-refractivity contribution in [2.24, 2.45) is 0 Å². The number of carboxylic acids is 1. The van der Waals surface area contributed by atoms with Gasteiger partial charge < -0.3 is 14.7 Å². The highest BCUT2D eigenvalue weighted by Crippen LogP contribution is 2.36. The number of aliphatic carboxylic acids is 1. The third-order valence-electron chi connectivity index (χ3n) is 4.16. The van der Waals surface area contributed by atoms with Crippen molar-refractivity contribution in [3.63, 3.8) is 0 Å². The van der Waals surface area contributed by atoms with Gasteiger partial charge in [0.2, 0.25) is 5.91 Å². The van der Waals surface area contributed by atoms with Crippen LogP contribution in [-0.2, 0) is 16.0 Å². The third-order valence-corrected chi connectivity index (χ3v) is 4.16. The molecule has 2 aromatic rings. The average Bonchev–Trinajstić information content (AvgIpc) is 2.97. The summed E-state index contributed by atoms with van der Waals surface area (Å²) in [5, 5.41) is 9.38. The number of ether oxygens (including phenoxy) is 1. The van der Waals surface area contributed by atoms with E-state index in [1.54, 1.807) is 23.1 Å². The summed E-state index contributed by atoms with van der Waals surface area (Å²) < 4.78 is 5.39. The third kappa shape index (κ3) is 3.11. The molecular formula is C19H19NO4. The number of para-hydroxylation sites is 1. The van der Waals surface area contributed by atoms with E-state index in [0.29, 0.717) is 17.9 Å². The summed E-state index contributed by atoms with van der Waals surface area (Å²) in [6, 6.07) is 14.6. The van der Waals surface area contributed by atoms with Crippen molar-refractivity contribution in [1.82, 2.24) is 0 Å². The second-order valence-corrected chi connectivity index (χ2v) is 5.71. The molecule has 24 heavy (non-hydrogen) atoms. The van der Waals surface area contributed by atoms with Gasteiger partial charge in [-0.3, -0.25) is 9.59 Å². The fraction of sp³-hybridized carbons (Fsp3) is 0.263. The largest absolute Gasteiger partial charge is 0.494 e. The highest BCUT2D eigenvalue weighted by atomic mass is 16.5. The predicted octanol–water partition coefficient (Wildman–Crippen LogP) is 2.84. The minimum Gasteiger partial charge on any atom is -0.494 e. The number of benzene rings is 2. The Balaban J connectivity index is 1.77. The van der Waals surface area contributed by atoms with Gasteiger partial charge in [-0.05, 0) is 36.2 Å². The van der Waals surface area contributed by atoms with E-state index < -0.39 is 11.9 Å². The Morgan fingerprint density at radius 1 is 1.17 bits per heavy atom. The van der Waals surface area contributed by atoms with Crippen LogP contribution in [0.5, 0.6) is 5.75 Å². The molecule has 1 heterocycles. The molecule has 5 nitrogen and oxygen atoms in total. The first-order valence-corrected chi connectivity index (χ1v) is 7.94. The number of nitrogens with zero attached hydrogens (tertiary/aromatic N) is 1. The number of carbonyl (C=O) groups excluding carboxylic acids is 1. The molecule has 3 rings (SSSR count). The minimum absolute atomic E-state index is 0.102. The predicted molar refractivity (Wildman–Crippen MR) is 90.5 cm³/mol. The Bertz CT molecular complexity index is 754. The van der Waals surface area contributed by atoms with E-state index in [9.17, 15) is 14.7 Å². The fourth-order valence-corrected chi connectivity index (χ4v) is 2.99. The Labute approximate surface area is 140 Å². The van der Waals surface area contributed by atoms with Gasteiger partial charge >= 0.3 is 5.97 Å². The fourth-order valence-electron chi connectivity index (χ4n) is 2.99. The lowest BCUT2D eigenvalue weighted by Crippen LogP contribution is -2.32. The van der Waals surface area contributed by atoms with E-state index in [4.69, 9.17) is 4.74 Å². The maximum absolute atomic E-state index is 12.7. The zero-order valence-corrected chi connectivity index (χ0v) is 13.4. The molecule has 1 atom stereocenters. The number of anilines is 1. The molecule has 1 N–H and O–H groups in total. The standard InChI is InChI=1S/C19H19NO4/c1-2-24-14-9-7-13(8-10-14)11-18(21)20-12-16(19(22)23)15-5-3-4-6-17(15)20/h3-10,16H,2,11-12H2,1H3,(H,22,23). The van der Waals surface area contributed by atoms with Crippen LogP contribution < -0.4 is 9.64 Å². The molecule has 124 valence electrons.